The highest BCUT2D eigenvalue weighted by molar-refractivity contribution is 5.56. The summed E-state index contributed by atoms with van der Waals surface area (Å²) in [6.07, 6.45) is 2.86. The smallest absolute Gasteiger partial charge is 0.279 e. The van der Waals surface area contributed by atoms with E-state index in [2.05, 4.69) is 35.6 Å². The number of rotatable bonds is 4. The molecule has 2 heterocycles. The van der Waals surface area contributed by atoms with Crippen LogP contribution in [0.5, 0.6) is 0 Å². The van der Waals surface area contributed by atoms with Crippen LogP contribution in [-0.4, -0.2) is 36.1 Å². The van der Waals surface area contributed by atoms with E-state index in [0.717, 1.165) is 44.0 Å². The lowest BCUT2D eigenvalue weighted by atomic mass is 10.1. The Morgan fingerprint density at radius 1 is 1.04 bits per heavy atom. The second-order valence-corrected chi connectivity index (χ2v) is 7.00. The molecule has 0 amide bonds. The largest absolute Gasteiger partial charge is 0.378 e. The van der Waals surface area contributed by atoms with Crippen molar-refractivity contribution >= 4 is 18.3 Å². The maximum Gasteiger partial charge on any atom is 0.279 e. The lowest BCUT2D eigenvalue weighted by molar-refractivity contribution is 0.122. The Morgan fingerprint density at radius 2 is 1.68 bits per heavy atom. The average Bonchev–Trinajstić information content (AvgIpc) is 3.03. The SMILES string of the molecule is C=c1[nH]n(-c2ccc(CC)cc2)c(=O)/c1=C/c1ccc(N2CCOCC2)cc1. The summed E-state index contributed by atoms with van der Waals surface area (Å²) in [5.74, 6) is 0. The Balaban J connectivity index is 1.65. The van der Waals surface area contributed by atoms with Gasteiger partial charge < -0.3 is 9.64 Å². The van der Waals surface area contributed by atoms with Crippen LogP contribution in [0.3, 0.4) is 0 Å². The normalized spacial score (nSPS) is 15.2. The number of hydrogen-bond donors (Lipinski definition) is 1. The van der Waals surface area contributed by atoms with E-state index in [4.69, 9.17) is 4.74 Å². The van der Waals surface area contributed by atoms with Crippen LogP contribution in [0.4, 0.5) is 5.69 Å². The zero-order valence-corrected chi connectivity index (χ0v) is 16.1. The van der Waals surface area contributed by atoms with Crippen LogP contribution >= 0.6 is 0 Å². The lowest BCUT2D eigenvalue weighted by Gasteiger charge is -2.28. The topological polar surface area (TPSA) is 50.3 Å². The molecule has 1 N–H and O–H groups in total. The third-order valence-corrected chi connectivity index (χ3v) is 5.19. The fourth-order valence-electron chi connectivity index (χ4n) is 3.48. The van der Waals surface area contributed by atoms with Crippen molar-refractivity contribution in [2.45, 2.75) is 13.3 Å². The van der Waals surface area contributed by atoms with Gasteiger partial charge in [0.15, 0.2) is 0 Å². The van der Waals surface area contributed by atoms with Crippen LogP contribution in [0, 0.1) is 0 Å². The molecule has 2 aromatic carbocycles. The molecule has 1 fully saturated rings. The zero-order valence-electron chi connectivity index (χ0n) is 16.1. The zero-order chi connectivity index (χ0) is 19.5. The Kier molecular flexibility index (Phi) is 5.17. The summed E-state index contributed by atoms with van der Waals surface area (Å²) in [6, 6.07) is 16.3. The van der Waals surface area contributed by atoms with Crippen molar-refractivity contribution < 1.29 is 4.74 Å². The average molecular weight is 375 g/mol. The van der Waals surface area contributed by atoms with Gasteiger partial charge in [0, 0.05) is 18.8 Å². The van der Waals surface area contributed by atoms with E-state index in [-0.39, 0.29) is 5.56 Å². The number of nitrogens with zero attached hydrogens (tertiary/aromatic N) is 2. The van der Waals surface area contributed by atoms with E-state index in [1.807, 2.05) is 42.5 Å². The van der Waals surface area contributed by atoms with Gasteiger partial charge in [-0.15, -0.1) is 0 Å². The number of H-pyrrole nitrogens is 1. The summed E-state index contributed by atoms with van der Waals surface area (Å²) >= 11 is 0. The highest BCUT2D eigenvalue weighted by atomic mass is 16.5. The number of aromatic nitrogens is 2. The molecule has 1 saturated heterocycles. The van der Waals surface area contributed by atoms with Crippen molar-refractivity contribution in [3.05, 3.63) is 80.6 Å². The molecule has 0 atom stereocenters. The van der Waals surface area contributed by atoms with Crippen LogP contribution in [0.1, 0.15) is 18.1 Å². The molecule has 1 aromatic heterocycles. The third kappa shape index (κ3) is 3.66. The maximum absolute atomic E-state index is 12.9. The number of ether oxygens (including phenoxy) is 1. The monoisotopic (exact) mass is 375 g/mol. The lowest BCUT2D eigenvalue weighted by Crippen LogP contribution is -2.36. The highest BCUT2D eigenvalue weighted by Gasteiger charge is 2.10. The second-order valence-electron chi connectivity index (χ2n) is 7.00. The van der Waals surface area contributed by atoms with Crippen LogP contribution in [0.15, 0.2) is 53.3 Å². The number of hydrogen-bond acceptors (Lipinski definition) is 3. The summed E-state index contributed by atoms with van der Waals surface area (Å²) in [5, 5.41) is 4.28. The predicted molar refractivity (Wildman–Crippen MR) is 114 cm³/mol. The summed E-state index contributed by atoms with van der Waals surface area (Å²) in [6.45, 7) is 9.48. The molecule has 0 saturated carbocycles. The molecule has 0 bridgehead atoms. The molecule has 1 aliphatic rings. The minimum Gasteiger partial charge on any atom is -0.378 e. The van der Waals surface area contributed by atoms with Crippen molar-refractivity contribution in [2.24, 2.45) is 0 Å². The Morgan fingerprint density at radius 3 is 2.32 bits per heavy atom. The number of benzene rings is 2. The highest BCUT2D eigenvalue weighted by Crippen LogP contribution is 2.16. The van der Waals surface area contributed by atoms with Crippen molar-refractivity contribution in [1.29, 1.82) is 0 Å². The molecule has 3 aromatic rings. The first-order chi connectivity index (χ1) is 13.7. The molecule has 0 spiro atoms. The molecule has 1 aliphatic heterocycles. The summed E-state index contributed by atoms with van der Waals surface area (Å²) in [5.41, 5.74) is 4.12. The summed E-state index contributed by atoms with van der Waals surface area (Å²) in [7, 11) is 0. The number of aryl methyl sites for hydroxylation is 1. The van der Waals surface area contributed by atoms with Gasteiger partial charge in [0.2, 0.25) is 0 Å². The van der Waals surface area contributed by atoms with Crippen molar-refractivity contribution in [2.75, 3.05) is 31.2 Å². The molecular formula is C23H25N3O2. The molecule has 5 nitrogen and oxygen atoms in total. The van der Waals surface area contributed by atoms with Gasteiger partial charge in [0.1, 0.15) is 0 Å². The van der Waals surface area contributed by atoms with E-state index < -0.39 is 0 Å². The van der Waals surface area contributed by atoms with Gasteiger partial charge in [-0.05, 0) is 47.9 Å². The van der Waals surface area contributed by atoms with Crippen LogP contribution in [-0.2, 0) is 11.2 Å². The summed E-state index contributed by atoms with van der Waals surface area (Å²) < 4.78 is 6.96. The van der Waals surface area contributed by atoms with Gasteiger partial charge in [-0.3, -0.25) is 9.89 Å². The van der Waals surface area contributed by atoms with E-state index in [1.165, 1.54) is 11.3 Å². The Labute approximate surface area is 164 Å². The first-order valence-electron chi connectivity index (χ1n) is 9.69. The van der Waals surface area contributed by atoms with E-state index in [9.17, 15) is 4.79 Å². The number of aromatic amines is 1. The van der Waals surface area contributed by atoms with Gasteiger partial charge >= 0.3 is 0 Å². The van der Waals surface area contributed by atoms with Gasteiger partial charge in [-0.1, -0.05) is 37.8 Å². The van der Waals surface area contributed by atoms with Crippen LogP contribution in [0.2, 0.25) is 0 Å². The molecule has 0 aliphatic carbocycles. The van der Waals surface area contributed by atoms with E-state index in [0.29, 0.717) is 10.6 Å². The molecule has 0 unspecified atom stereocenters. The first-order valence-corrected chi connectivity index (χ1v) is 9.69. The third-order valence-electron chi connectivity index (χ3n) is 5.19. The number of nitrogens with one attached hydrogen (secondary N) is 1. The van der Waals surface area contributed by atoms with E-state index >= 15 is 0 Å². The Hall–Kier alpha value is -3.05. The minimum atomic E-state index is -0.0912. The molecule has 144 valence electrons. The van der Waals surface area contributed by atoms with Crippen molar-refractivity contribution in [3.63, 3.8) is 0 Å². The van der Waals surface area contributed by atoms with Gasteiger partial charge in [-0.25, -0.2) is 4.68 Å². The molecule has 0 radical (unpaired) electrons. The van der Waals surface area contributed by atoms with Gasteiger partial charge in [-0.2, -0.15) is 0 Å². The fraction of sp³-hybridized carbons (Fsp3) is 0.261. The minimum absolute atomic E-state index is 0.0912. The standard InChI is InChI=1S/C23H25N3O2/c1-3-18-4-10-21(11-5-18)26-23(27)22(17(2)24-26)16-19-6-8-20(9-7-19)25-12-14-28-15-13-25/h4-11,16,24H,2-3,12-15H2,1H3/b22-16+. The van der Waals surface area contributed by atoms with Crippen molar-refractivity contribution in [3.8, 4) is 5.69 Å². The first kappa shape index (κ1) is 18.3. The molecule has 28 heavy (non-hydrogen) atoms. The molecule has 5 heteroatoms. The maximum atomic E-state index is 12.9. The van der Waals surface area contributed by atoms with Crippen molar-refractivity contribution in [1.82, 2.24) is 9.78 Å². The second kappa shape index (κ2) is 7.90. The van der Waals surface area contributed by atoms with Gasteiger partial charge in [0.05, 0.1) is 29.5 Å². The van der Waals surface area contributed by atoms with E-state index in [1.54, 1.807) is 4.68 Å². The van der Waals surface area contributed by atoms with Gasteiger partial charge in [0.25, 0.3) is 5.56 Å². The Bertz CT molecular complexity index is 1100. The molecule has 4 rings (SSSR count). The van der Waals surface area contributed by atoms with Crippen LogP contribution in [0.25, 0.3) is 18.3 Å². The fourth-order valence-corrected chi connectivity index (χ4v) is 3.48. The number of anilines is 1. The van der Waals surface area contributed by atoms with Crippen LogP contribution < -0.4 is 21.0 Å². The summed E-state index contributed by atoms with van der Waals surface area (Å²) in [4.78, 5) is 15.2. The molecular weight excluding hydrogens is 350 g/mol. The quantitative estimate of drug-likeness (QED) is 0.757. The predicted octanol–water partition coefficient (Wildman–Crippen LogP) is 1.80. The number of morpholine rings is 1.